The van der Waals surface area contributed by atoms with Crippen LogP contribution in [0.15, 0.2) is 18.2 Å². The summed E-state index contributed by atoms with van der Waals surface area (Å²) in [4.78, 5) is 2.19. The largest absolute Gasteiger partial charge is 0.492 e. The lowest BCUT2D eigenvalue weighted by Crippen LogP contribution is -2.21. The van der Waals surface area contributed by atoms with Crippen molar-refractivity contribution in [3.63, 3.8) is 0 Å². The van der Waals surface area contributed by atoms with E-state index < -0.39 is 0 Å². The zero-order chi connectivity index (χ0) is 12.8. The van der Waals surface area contributed by atoms with Gasteiger partial charge in [0.2, 0.25) is 0 Å². The molecule has 0 saturated heterocycles. The number of anilines is 2. The van der Waals surface area contributed by atoms with Crippen LogP contribution < -0.4 is 15.4 Å². The summed E-state index contributed by atoms with van der Waals surface area (Å²) in [5.41, 5.74) is 7.90. The molecule has 0 heterocycles. The fraction of sp³-hybridized carbons (Fsp3) is 0.571. The number of hydrogen-bond acceptors (Lipinski definition) is 3. The normalized spacial score (nSPS) is 10.6. The van der Waals surface area contributed by atoms with Crippen LogP contribution in [0.3, 0.4) is 0 Å². The average Bonchev–Trinajstić information content (AvgIpc) is 2.29. The zero-order valence-electron chi connectivity index (χ0n) is 11.4. The van der Waals surface area contributed by atoms with Crippen LogP contribution in [0.25, 0.3) is 0 Å². The van der Waals surface area contributed by atoms with E-state index in [9.17, 15) is 0 Å². The quantitative estimate of drug-likeness (QED) is 0.771. The molecule has 0 aliphatic rings. The summed E-state index contributed by atoms with van der Waals surface area (Å²) in [6, 6.07) is 5.94. The molecule has 0 fully saturated rings. The molecule has 1 rings (SSSR count). The summed E-state index contributed by atoms with van der Waals surface area (Å²) >= 11 is 0. The Kier molecular flexibility index (Phi) is 5.13. The van der Waals surface area contributed by atoms with Gasteiger partial charge in [-0.3, -0.25) is 0 Å². The van der Waals surface area contributed by atoms with Crippen molar-refractivity contribution in [2.75, 3.05) is 30.8 Å². The predicted octanol–water partition coefficient (Wildman–Crippen LogP) is 3.15. The molecule has 0 aliphatic carbocycles. The molecule has 0 saturated carbocycles. The summed E-state index contributed by atoms with van der Waals surface area (Å²) in [6.07, 6.45) is 1.16. The number of benzene rings is 1. The fourth-order valence-corrected chi connectivity index (χ4v) is 1.72. The third kappa shape index (κ3) is 3.84. The van der Waals surface area contributed by atoms with Crippen LogP contribution >= 0.6 is 0 Å². The van der Waals surface area contributed by atoms with Gasteiger partial charge in [-0.2, -0.15) is 0 Å². The maximum atomic E-state index is 6.11. The van der Waals surface area contributed by atoms with Crippen LogP contribution in [0.2, 0.25) is 0 Å². The van der Waals surface area contributed by atoms with Gasteiger partial charge in [0.15, 0.2) is 0 Å². The van der Waals surface area contributed by atoms with Crippen molar-refractivity contribution in [2.24, 2.45) is 5.92 Å². The van der Waals surface area contributed by atoms with Gasteiger partial charge in [-0.05, 0) is 31.4 Å². The highest BCUT2D eigenvalue weighted by Gasteiger charge is 2.09. The van der Waals surface area contributed by atoms with Gasteiger partial charge in [0.25, 0.3) is 0 Å². The maximum Gasteiger partial charge on any atom is 0.144 e. The van der Waals surface area contributed by atoms with Gasteiger partial charge in [0, 0.05) is 13.6 Å². The molecule has 1 aromatic rings. The zero-order valence-corrected chi connectivity index (χ0v) is 11.4. The van der Waals surface area contributed by atoms with E-state index >= 15 is 0 Å². The second-order valence-corrected chi connectivity index (χ2v) is 4.73. The van der Waals surface area contributed by atoms with Crippen LogP contribution in [0.1, 0.15) is 27.2 Å². The van der Waals surface area contributed by atoms with Crippen LogP contribution in [0.5, 0.6) is 5.75 Å². The third-order valence-electron chi connectivity index (χ3n) is 2.80. The Morgan fingerprint density at radius 3 is 2.65 bits per heavy atom. The molecule has 0 unspecified atom stereocenters. The SMILES string of the molecule is CCOc1cccc(N(C)CCC(C)C)c1N. The molecule has 3 heteroatoms. The number of rotatable bonds is 6. The number of nitrogens with two attached hydrogens (primary N) is 1. The number of nitrogen functional groups attached to an aromatic ring is 1. The first-order valence-corrected chi connectivity index (χ1v) is 6.28. The molecule has 17 heavy (non-hydrogen) atoms. The molecule has 3 nitrogen and oxygen atoms in total. The van der Waals surface area contributed by atoms with Crippen molar-refractivity contribution >= 4 is 11.4 Å². The second-order valence-electron chi connectivity index (χ2n) is 4.73. The molecule has 96 valence electrons. The van der Waals surface area contributed by atoms with Crippen molar-refractivity contribution in [3.05, 3.63) is 18.2 Å². The highest BCUT2D eigenvalue weighted by atomic mass is 16.5. The lowest BCUT2D eigenvalue weighted by atomic mass is 10.1. The lowest BCUT2D eigenvalue weighted by Gasteiger charge is -2.23. The minimum atomic E-state index is 0.642. The van der Waals surface area contributed by atoms with Crippen molar-refractivity contribution in [3.8, 4) is 5.75 Å². The van der Waals surface area contributed by atoms with Gasteiger partial charge in [0.1, 0.15) is 5.75 Å². The molecular weight excluding hydrogens is 212 g/mol. The van der Waals surface area contributed by atoms with E-state index in [0.717, 1.165) is 30.1 Å². The first-order chi connectivity index (χ1) is 8.06. The van der Waals surface area contributed by atoms with Gasteiger partial charge >= 0.3 is 0 Å². The van der Waals surface area contributed by atoms with E-state index in [1.165, 1.54) is 0 Å². The van der Waals surface area contributed by atoms with Gasteiger partial charge < -0.3 is 15.4 Å². The van der Waals surface area contributed by atoms with E-state index in [0.29, 0.717) is 12.5 Å². The first kappa shape index (κ1) is 13.7. The summed E-state index contributed by atoms with van der Waals surface area (Å²) in [6.45, 7) is 8.08. The van der Waals surface area contributed by atoms with E-state index in [1.54, 1.807) is 0 Å². The van der Waals surface area contributed by atoms with E-state index in [1.807, 2.05) is 25.1 Å². The minimum absolute atomic E-state index is 0.642. The Labute approximate surface area is 105 Å². The van der Waals surface area contributed by atoms with Gasteiger partial charge in [-0.15, -0.1) is 0 Å². The Balaban J connectivity index is 2.78. The van der Waals surface area contributed by atoms with Crippen LogP contribution in [0.4, 0.5) is 11.4 Å². The van der Waals surface area contributed by atoms with Crippen LogP contribution in [-0.4, -0.2) is 20.2 Å². The Morgan fingerprint density at radius 2 is 2.06 bits per heavy atom. The molecule has 0 aliphatic heterocycles. The monoisotopic (exact) mass is 236 g/mol. The number of para-hydroxylation sites is 1. The highest BCUT2D eigenvalue weighted by Crippen LogP contribution is 2.31. The molecule has 0 spiro atoms. The smallest absolute Gasteiger partial charge is 0.144 e. The van der Waals surface area contributed by atoms with Crippen LogP contribution in [-0.2, 0) is 0 Å². The number of nitrogens with zero attached hydrogens (tertiary/aromatic N) is 1. The molecule has 1 aromatic carbocycles. The number of ether oxygens (including phenoxy) is 1. The van der Waals surface area contributed by atoms with Crippen molar-refractivity contribution in [2.45, 2.75) is 27.2 Å². The van der Waals surface area contributed by atoms with Gasteiger partial charge in [0.05, 0.1) is 18.0 Å². The Morgan fingerprint density at radius 1 is 1.35 bits per heavy atom. The summed E-state index contributed by atoms with van der Waals surface area (Å²) < 4.78 is 5.50. The molecular formula is C14H24N2O. The Bertz CT molecular complexity index is 350. The highest BCUT2D eigenvalue weighted by molar-refractivity contribution is 5.73. The molecule has 0 amide bonds. The summed E-state index contributed by atoms with van der Waals surface area (Å²) in [5.74, 6) is 1.48. The maximum absolute atomic E-state index is 6.11. The number of hydrogen-bond donors (Lipinski definition) is 1. The van der Waals surface area contributed by atoms with Gasteiger partial charge in [-0.25, -0.2) is 0 Å². The summed E-state index contributed by atoms with van der Waals surface area (Å²) in [7, 11) is 2.07. The second kappa shape index (κ2) is 6.38. The predicted molar refractivity (Wildman–Crippen MR) is 74.7 cm³/mol. The average molecular weight is 236 g/mol. The molecule has 0 aromatic heterocycles. The summed E-state index contributed by atoms with van der Waals surface area (Å²) in [5, 5.41) is 0. The van der Waals surface area contributed by atoms with E-state index in [2.05, 4.69) is 25.8 Å². The first-order valence-electron chi connectivity index (χ1n) is 6.28. The lowest BCUT2D eigenvalue weighted by molar-refractivity contribution is 0.342. The van der Waals surface area contributed by atoms with Crippen LogP contribution in [0, 0.1) is 5.92 Å². The molecule has 0 bridgehead atoms. The topological polar surface area (TPSA) is 38.5 Å². The fourth-order valence-electron chi connectivity index (χ4n) is 1.72. The molecule has 0 radical (unpaired) electrons. The minimum Gasteiger partial charge on any atom is -0.492 e. The standard InChI is InChI=1S/C14H24N2O/c1-5-17-13-8-6-7-12(14(13)15)16(4)10-9-11(2)3/h6-8,11H,5,9-10,15H2,1-4H3. The van der Waals surface area contributed by atoms with E-state index in [4.69, 9.17) is 10.5 Å². The van der Waals surface area contributed by atoms with Gasteiger partial charge in [-0.1, -0.05) is 19.9 Å². The van der Waals surface area contributed by atoms with Crippen molar-refractivity contribution in [1.29, 1.82) is 0 Å². The Hall–Kier alpha value is -1.38. The molecule has 2 N–H and O–H groups in total. The third-order valence-corrected chi connectivity index (χ3v) is 2.80. The molecule has 0 atom stereocenters. The van der Waals surface area contributed by atoms with Crippen molar-refractivity contribution < 1.29 is 4.74 Å². The van der Waals surface area contributed by atoms with Crippen molar-refractivity contribution in [1.82, 2.24) is 0 Å². The van der Waals surface area contributed by atoms with E-state index in [-0.39, 0.29) is 0 Å².